The Bertz CT molecular complexity index is 601. The van der Waals surface area contributed by atoms with E-state index in [1.165, 1.54) is 25.6 Å². The maximum Gasteiger partial charge on any atom is 0.328 e. The van der Waals surface area contributed by atoms with E-state index in [4.69, 9.17) is 10.8 Å². The third kappa shape index (κ3) is 9.28. The highest BCUT2D eigenvalue weighted by atomic mass is 32.2. The van der Waals surface area contributed by atoms with Gasteiger partial charge in [0.05, 0.1) is 18.2 Å². The Morgan fingerprint density at radius 3 is 1.77 bits per heavy atom. The van der Waals surface area contributed by atoms with Crippen LogP contribution >= 0.6 is 11.8 Å². The quantitative estimate of drug-likeness (QED) is 0.167. The maximum atomic E-state index is 12.7. The SMILES string of the molecule is CSCCC(NC(=O)C(N)C(C)C)C(=O)NC(C(=O)NC(C(=O)O)C(C)O)C(C)O. The fourth-order valence-corrected chi connectivity index (χ4v) is 2.84. The molecule has 8 N–H and O–H groups in total. The minimum atomic E-state index is -1.62. The zero-order valence-corrected chi connectivity index (χ0v) is 18.7. The fourth-order valence-electron chi connectivity index (χ4n) is 2.37. The summed E-state index contributed by atoms with van der Waals surface area (Å²) in [7, 11) is 0. The Kier molecular flexibility index (Phi) is 12.6. The molecule has 30 heavy (non-hydrogen) atoms. The lowest BCUT2D eigenvalue weighted by atomic mass is 10.0. The zero-order chi connectivity index (χ0) is 23.6. The van der Waals surface area contributed by atoms with Gasteiger partial charge in [-0.3, -0.25) is 14.4 Å². The summed E-state index contributed by atoms with van der Waals surface area (Å²) in [6.07, 6.45) is -0.691. The Balaban J connectivity index is 5.38. The van der Waals surface area contributed by atoms with Gasteiger partial charge in [-0.1, -0.05) is 13.8 Å². The van der Waals surface area contributed by atoms with Gasteiger partial charge >= 0.3 is 5.97 Å². The topological polar surface area (TPSA) is 191 Å². The third-order valence-electron chi connectivity index (χ3n) is 4.37. The lowest BCUT2D eigenvalue weighted by Gasteiger charge is -2.27. The Hall–Kier alpha value is -1.89. The number of carbonyl (C=O) groups excluding carboxylic acids is 3. The molecule has 0 rings (SSSR count). The molecule has 174 valence electrons. The number of carboxylic acids is 1. The van der Waals surface area contributed by atoms with Gasteiger partial charge in [-0.15, -0.1) is 0 Å². The highest BCUT2D eigenvalue weighted by Crippen LogP contribution is 2.06. The number of aliphatic carboxylic acids is 1. The van der Waals surface area contributed by atoms with E-state index in [-0.39, 0.29) is 12.3 Å². The summed E-state index contributed by atoms with van der Waals surface area (Å²) in [5.74, 6) is -3.33. The summed E-state index contributed by atoms with van der Waals surface area (Å²) in [6.45, 7) is 5.94. The van der Waals surface area contributed by atoms with E-state index in [1.54, 1.807) is 13.8 Å². The van der Waals surface area contributed by atoms with Gasteiger partial charge in [0, 0.05) is 0 Å². The lowest BCUT2D eigenvalue weighted by Crippen LogP contribution is -2.61. The number of nitrogens with two attached hydrogens (primary N) is 1. The second kappa shape index (κ2) is 13.4. The number of rotatable bonds is 13. The molecular weight excluding hydrogens is 416 g/mol. The van der Waals surface area contributed by atoms with Gasteiger partial charge in [0.15, 0.2) is 6.04 Å². The van der Waals surface area contributed by atoms with Crippen molar-refractivity contribution in [3.63, 3.8) is 0 Å². The largest absolute Gasteiger partial charge is 0.480 e. The van der Waals surface area contributed by atoms with Crippen molar-refractivity contribution >= 4 is 35.5 Å². The summed E-state index contributed by atoms with van der Waals surface area (Å²) in [4.78, 5) is 48.6. The molecule has 0 bridgehead atoms. The van der Waals surface area contributed by atoms with Crippen molar-refractivity contribution in [1.82, 2.24) is 16.0 Å². The van der Waals surface area contributed by atoms with Gasteiger partial charge in [0.1, 0.15) is 12.1 Å². The van der Waals surface area contributed by atoms with Gasteiger partial charge in [0.2, 0.25) is 17.7 Å². The van der Waals surface area contributed by atoms with Gasteiger partial charge in [-0.2, -0.15) is 11.8 Å². The predicted molar refractivity (Wildman–Crippen MR) is 113 cm³/mol. The molecule has 3 amide bonds. The molecule has 0 saturated carbocycles. The second-order valence-electron chi connectivity index (χ2n) is 7.40. The zero-order valence-electron chi connectivity index (χ0n) is 17.9. The van der Waals surface area contributed by atoms with Crippen LogP contribution in [0.15, 0.2) is 0 Å². The molecule has 0 radical (unpaired) electrons. The molecular formula is C18H34N4O7S. The van der Waals surface area contributed by atoms with E-state index in [0.717, 1.165) is 0 Å². The summed E-state index contributed by atoms with van der Waals surface area (Å²) in [5.41, 5.74) is 5.81. The highest BCUT2D eigenvalue weighted by Gasteiger charge is 2.34. The molecule has 0 saturated heterocycles. The first kappa shape index (κ1) is 28.1. The molecule has 0 aliphatic heterocycles. The number of aliphatic hydroxyl groups excluding tert-OH is 2. The van der Waals surface area contributed by atoms with Gasteiger partial charge < -0.3 is 37.0 Å². The van der Waals surface area contributed by atoms with E-state index in [0.29, 0.717) is 5.75 Å². The standard InChI is InChI=1S/C18H34N4O7S/c1-8(2)12(19)16(26)20-11(6-7-30-5)15(25)21-13(9(3)23)17(27)22-14(10(4)24)18(28)29/h8-14,23-24H,6-7,19H2,1-5H3,(H,20,26)(H,21,25)(H,22,27)(H,28,29). The van der Waals surface area contributed by atoms with Crippen LogP contribution in [0.25, 0.3) is 0 Å². The molecule has 0 aromatic heterocycles. The third-order valence-corrected chi connectivity index (χ3v) is 5.02. The summed E-state index contributed by atoms with van der Waals surface area (Å²) >= 11 is 1.45. The van der Waals surface area contributed by atoms with Crippen molar-refractivity contribution in [1.29, 1.82) is 0 Å². The Morgan fingerprint density at radius 1 is 0.867 bits per heavy atom. The summed E-state index contributed by atoms with van der Waals surface area (Å²) < 4.78 is 0. The molecule has 12 heteroatoms. The monoisotopic (exact) mass is 450 g/mol. The van der Waals surface area contributed by atoms with E-state index < -0.39 is 60.1 Å². The van der Waals surface area contributed by atoms with Gasteiger partial charge in [-0.05, 0) is 38.2 Å². The first-order valence-electron chi connectivity index (χ1n) is 9.58. The van der Waals surface area contributed by atoms with Crippen molar-refractivity contribution in [2.75, 3.05) is 12.0 Å². The number of carboxylic acid groups (broad SMARTS) is 1. The van der Waals surface area contributed by atoms with E-state index >= 15 is 0 Å². The van der Waals surface area contributed by atoms with Crippen LogP contribution in [-0.2, 0) is 19.2 Å². The normalized spacial score (nSPS) is 17.2. The number of carbonyl (C=O) groups is 4. The second-order valence-corrected chi connectivity index (χ2v) is 8.39. The van der Waals surface area contributed by atoms with E-state index in [2.05, 4.69) is 16.0 Å². The Morgan fingerprint density at radius 2 is 1.37 bits per heavy atom. The average molecular weight is 451 g/mol. The van der Waals surface area contributed by atoms with Crippen molar-refractivity contribution in [3.8, 4) is 0 Å². The molecule has 0 aromatic carbocycles. The molecule has 0 aliphatic carbocycles. The van der Waals surface area contributed by atoms with Crippen LogP contribution in [0, 0.1) is 5.92 Å². The van der Waals surface area contributed by atoms with Crippen molar-refractivity contribution < 1.29 is 34.5 Å². The van der Waals surface area contributed by atoms with Gasteiger partial charge in [-0.25, -0.2) is 4.79 Å². The van der Waals surface area contributed by atoms with Crippen LogP contribution in [0.5, 0.6) is 0 Å². The maximum absolute atomic E-state index is 12.7. The highest BCUT2D eigenvalue weighted by molar-refractivity contribution is 7.98. The van der Waals surface area contributed by atoms with E-state index in [1.807, 2.05) is 6.26 Å². The first-order valence-corrected chi connectivity index (χ1v) is 11.0. The van der Waals surface area contributed by atoms with Crippen molar-refractivity contribution in [2.45, 2.75) is 70.5 Å². The van der Waals surface area contributed by atoms with Gasteiger partial charge in [0.25, 0.3) is 0 Å². The van der Waals surface area contributed by atoms with Crippen LogP contribution in [0.2, 0.25) is 0 Å². The smallest absolute Gasteiger partial charge is 0.328 e. The number of thioether (sulfide) groups is 1. The summed E-state index contributed by atoms with van der Waals surface area (Å²) in [5, 5.41) is 35.5. The molecule has 0 aromatic rings. The van der Waals surface area contributed by atoms with Crippen molar-refractivity contribution in [3.05, 3.63) is 0 Å². The molecule has 0 fully saturated rings. The minimum absolute atomic E-state index is 0.154. The fraction of sp³-hybridized carbons (Fsp3) is 0.778. The minimum Gasteiger partial charge on any atom is -0.480 e. The van der Waals surface area contributed by atoms with Crippen LogP contribution < -0.4 is 21.7 Å². The summed E-state index contributed by atoms with van der Waals surface area (Å²) in [6, 6.07) is -4.94. The Labute approximate surface area is 180 Å². The number of aliphatic hydroxyl groups is 2. The number of hydrogen-bond donors (Lipinski definition) is 7. The number of amides is 3. The number of hydrogen-bond acceptors (Lipinski definition) is 8. The number of nitrogens with one attached hydrogen (secondary N) is 3. The average Bonchev–Trinajstić information content (AvgIpc) is 2.64. The predicted octanol–water partition coefficient (Wildman–Crippen LogP) is -1.98. The molecule has 11 nitrogen and oxygen atoms in total. The van der Waals surface area contributed by atoms with E-state index in [9.17, 15) is 29.4 Å². The molecule has 6 unspecified atom stereocenters. The first-order chi connectivity index (χ1) is 13.8. The van der Waals surface area contributed by atoms with Crippen LogP contribution in [-0.4, -0.2) is 87.4 Å². The van der Waals surface area contributed by atoms with Crippen molar-refractivity contribution in [2.24, 2.45) is 11.7 Å². The molecule has 6 atom stereocenters. The molecule has 0 spiro atoms. The molecule has 0 heterocycles. The lowest BCUT2D eigenvalue weighted by molar-refractivity contribution is -0.146. The van der Waals surface area contributed by atoms with Crippen LogP contribution in [0.3, 0.4) is 0 Å². The molecule has 0 aliphatic rings. The van der Waals surface area contributed by atoms with Crippen LogP contribution in [0.4, 0.5) is 0 Å². The van der Waals surface area contributed by atoms with Crippen LogP contribution in [0.1, 0.15) is 34.1 Å².